The number of nitro benzene ring substituents is 1. The molecule has 6 nitrogen and oxygen atoms in total. The summed E-state index contributed by atoms with van der Waals surface area (Å²) >= 11 is 1.58. The molecule has 2 aromatic rings. The van der Waals surface area contributed by atoms with Gasteiger partial charge < -0.3 is 10.2 Å². The number of nitrogen functional groups attached to an aromatic ring is 1. The number of ether oxygens (including phenoxy) is 1. The van der Waals surface area contributed by atoms with Gasteiger partial charge >= 0.3 is 0 Å². The number of nitrogens with one attached hydrogen (secondary N) is 1. The number of anilines is 1. The van der Waals surface area contributed by atoms with Crippen LogP contribution in [0.4, 0.5) is 11.4 Å². The second kappa shape index (κ2) is 6.96. The van der Waals surface area contributed by atoms with Gasteiger partial charge in [0.1, 0.15) is 12.4 Å². The Labute approximate surface area is 126 Å². The van der Waals surface area contributed by atoms with Crippen molar-refractivity contribution < 1.29 is 9.66 Å². The first-order valence-electron chi connectivity index (χ1n) is 6.15. The van der Waals surface area contributed by atoms with E-state index in [0.717, 1.165) is 10.6 Å². The molecule has 21 heavy (non-hydrogen) atoms. The van der Waals surface area contributed by atoms with Crippen LogP contribution in [0.15, 0.2) is 47.4 Å². The average Bonchev–Trinajstić information content (AvgIpc) is 2.52. The summed E-state index contributed by atoms with van der Waals surface area (Å²) in [5.41, 5.74) is 3.75. The average molecular weight is 305 g/mol. The molecule has 0 aromatic heterocycles. The summed E-state index contributed by atoms with van der Waals surface area (Å²) in [5, 5.41) is 10.8. The van der Waals surface area contributed by atoms with Crippen molar-refractivity contribution in [2.75, 3.05) is 11.7 Å². The standard InChI is InChI=1S/C14H15N3O3S/c1-21-14-5-3-2-4-13(14)20-9-10-8-11(17(18)19)6-7-12(10)16-15/h2-8,16H,9,15H2,1H3. The smallest absolute Gasteiger partial charge is 0.269 e. The van der Waals surface area contributed by atoms with Crippen LogP contribution in [-0.4, -0.2) is 11.2 Å². The molecule has 0 saturated carbocycles. The monoisotopic (exact) mass is 305 g/mol. The van der Waals surface area contributed by atoms with Crippen molar-refractivity contribution in [3.05, 3.63) is 58.1 Å². The summed E-state index contributed by atoms with van der Waals surface area (Å²) in [7, 11) is 0. The minimum Gasteiger partial charge on any atom is -0.488 e. The van der Waals surface area contributed by atoms with Gasteiger partial charge in [0.25, 0.3) is 5.69 Å². The molecule has 0 spiro atoms. The molecule has 0 bridgehead atoms. The third kappa shape index (κ3) is 3.65. The van der Waals surface area contributed by atoms with Crippen molar-refractivity contribution in [1.82, 2.24) is 0 Å². The Morgan fingerprint density at radius 3 is 2.76 bits per heavy atom. The Morgan fingerprint density at radius 2 is 2.10 bits per heavy atom. The molecule has 3 N–H and O–H groups in total. The molecule has 0 unspecified atom stereocenters. The molecule has 2 aromatic carbocycles. The summed E-state index contributed by atoms with van der Waals surface area (Å²) in [5.74, 6) is 6.16. The fourth-order valence-electron chi connectivity index (χ4n) is 1.85. The molecule has 0 heterocycles. The summed E-state index contributed by atoms with van der Waals surface area (Å²) in [4.78, 5) is 11.4. The molecule has 0 fully saturated rings. The minimum absolute atomic E-state index is 0.00533. The van der Waals surface area contributed by atoms with E-state index in [9.17, 15) is 10.1 Å². The number of non-ortho nitro benzene ring substituents is 1. The highest BCUT2D eigenvalue weighted by molar-refractivity contribution is 7.98. The Morgan fingerprint density at radius 1 is 1.33 bits per heavy atom. The fraction of sp³-hybridized carbons (Fsp3) is 0.143. The summed E-state index contributed by atoms with van der Waals surface area (Å²) in [6, 6.07) is 12.0. The van der Waals surface area contributed by atoms with Gasteiger partial charge in [-0.1, -0.05) is 12.1 Å². The number of nitrogens with zero attached hydrogens (tertiary/aromatic N) is 1. The summed E-state index contributed by atoms with van der Waals surface area (Å²) in [6.07, 6.45) is 1.96. The lowest BCUT2D eigenvalue weighted by Crippen LogP contribution is -2.11. The normalized spacial score (nSPS) is 10.2. The Kier molecular flexibility index (Phi) is 5.02. The van der Waals surface area contributed by atoms with Crippen molar-refractivity contribution in [3.63, 3.8) is 0 Å². The maximum Gasteiger partial charge on any atom is 0.269 e. The van der Waals surface area contributed by atoms with Gasteiger partial charge in [0.2, 0.25) is 0 Å². The van der Waals surface area contributed by atoms with Crippen LogP contribution in [0.1, 0.15) is 5.56 Å². The highest BCUT2D eigenvalue weighted by atomic mass is 32.2. The van der Waals surface area contributed by atoms with E-state index in [2.05, 4.69) is 5.43 Å². The van der Waals surface area contributed by atoms with Gasteiger partial charge in [-0.05, 0) is 24.5 Å². The zero-order chi connectivity index (χ0) is 15.2. The zero-order valence-corrected chi connectivity index (χ0v) is 12.2. The lowest BCUT2D eigenvalue weighted by atomic mass is 10.1. The highest BCUT2D eigenvalue weighted by Gasteiger charge is 2.11. The molecule has 7 heteroatoms. The number of nitrogens with two attached hydrogens (primary N) is 1. The quantitative estimate of drug-likeness (QED) is 0.369. The number of benzene rings is 2. The van der Waals surface area contributed by atoms with Crippen LogP contribution in [0, 0.1) is 10.1 Å². The number of hydrogen-bond donors (Lipinski definition) is 2. The van der Waals surface area contributed by atoms with E-state index in [1.807, 2.05) is 30.5 Å². The molecular formula is C14H15N3O3S. The number of rotatable bonds is 6. The van der Waals surface area contributed by atoms with Gasteiger partial charge in [0, 0.05) is 22.6 Å². The molecule has 0 radical (unpaired) electrons. The number of para-hydroxylation sites is 1. The van der Waals surface area contributed by atoms with Crippen LogP contribution in [0.25, 0.3) is 0 Å². The second-order valence-corrected chi connectivity index (χ2v) is 5.03. The SMILES string of the molecule is CSc1ccccc1OCc1cc([N+](=O)[O-])ccc1NN. The number of hydrogen-bond acceptors (Lipinski definition) is 6. The van der Waals surface area contributed by atoms with E-state index in [0.29, 0.717) is 11.3 Å². The predicted octanol–water partition coefficient (Wildman–Crippen LogP) is 3.18. The Balaban J connectivity index is 2.22. The van der Waals surface area contributed by atoms with Crippen molar-refractivity contribution in [1.29, 1.82) is 0 Å². The summed E-state index contributed by atoms with van der Waals surface area (Å²) in [6.45, 7) is 0.193. The minimum atomic E-state index is -0.445. The first kappa shape index (κ1) is 15.1. The zero-order valence-electron chi connectivity index (χ0n) is 11.4. The van der Waals surface area contributed by atoms with Gasteiger partial charge in [-0.3, -0.25) is 16.0 Å². The molecule has 0 saturated heterocycles. The van der Waals surface area contributed by atoms with Crippen LogP contribution in [0.5, 0.6) is 5.75 Å². The van der Waals surface area contributed by atoms with E-state index in [4.69, 9.17) is 10.6 Å². The lowest BCUT2D eigenvalue weighted by molar-refractivity contribution is -0.384. The number of hydrazine groups is 1. The van der Waals surface area contributed by atoms with Gasteiger partial charge in [0.05, 0.1) is 10.6 Å². The van der Waals surface area contributed by atoms with Crippen LogP contribution in [0.2, 0.25) is 0 Å². The molecule has 0 aliphatic heterocycles. The molecule has 0 atom stereocenters. The van der Waals surface area contributed by atoms with Gasteiger partial charge in [-0.25, -0.2) is 0 Å². The van der Waals surface area contributed by atoms with E-state index >= 15 is 0 Å². The van der Waals surface area contributed by atoms with E-state index in [1.165, 1.54) is 12.1 Å². The van der Waals surface area contributed by atoms with Gasteiger partial charge in [-0.15, -0.1) is 11.8 Å². The molecule has 110 valence electrons. The fourth-order valence-corrected chi connectivity index (χ4v) is 2.39. The van der Waals surface area contributed by atoms with Crippen molar-refractivity contribution >= 4 is 23.1 Å². The van der Waals surface area contributed by atoms with Gasteiger partial charge in [-0.2, -0.15) is 0 Å². The third-order valence-electron chi connectivity index (χ3n) is 2.91. The van der Waals surface area contributed by atoms with E-state index in [-0.39, 0.29) is 12.3 Å². The molecule has 0 aliphatic rings. The summed E-state index contributed by atoms with van der Waals surface area (Å²) < 4.78 is 5.75. The van der Waals surface area contributed by atoms with Crippen molar-refractivity contribution in [2.24, 2.45) is 5.84 Å². The molecule has 0 aliphatic carbocycles. The first-order chi connectivity index (χ1) is 10.2. The maximum absolute atomic E-state index is 10.8. The highest BCUT2D eigenvalue weighted by Crippen LogP contribution is 2.29. The topological polar surface area (TPSA) is 90.4 Å². The third-order valence-corrected chi connectivity index (χ3v) is 3.68. The van der Waals surface area contributed by atoms with Crippen LogP contribution in [0.3, 0.4) is 0 Å². The second-order valence-electron chi connectivity index (χ2n) is 4.18. The maximum atomic E-state index is 10.8. The van der Waals surface area contributed by atoms with Crippen molar-refractivity contribution in [2.45, 2.75) is 11.5 Å². The number of thioether (sulfide) groups is 1. The first-order valence-corrected chi connectivity index (χ1v) is 7.38. The predicted molar refractivity (Wildman–Crippen MR) is 83.5 cm³/mol. The van der Waals surface area contributed by atoms with E-state index in [1.54, 1.807) is 17.8 Å². The lowest BCUT2D eigenvalue weighted by Gasteiger charge is -2.12. The van der Waals surface area contributed by atoms with Crippen LogP contribution < -0.4 is 16.0 Å². The molecule has 2 rings (SSSR count). The number of nitro groups is 1. The molecular weight excluding hydrogens is 290 g/mol. The van der Waals surface area contributed by atoms with Crippen molar-refractivity contribution in [3.8, 4) is 5.75 Å². The van der Waals surface area contributed by atoms with E-state index < -0.39 is 4.92 Å². The van der Waals surface area contributed by atoms with Crippen LogP contribution in [-0.2, 0) is 6.61 Å². The Bertz CT molecular complexity index is 649. The largest absolute Gasteiger partial charge is 0.488 e. The van der Waals surface area contributed by atoms with Crippen LogP contribution >= 0.6 is 11.8 Å². The Hall–Kier alpha value is -2.25. The molecule has 0 amide bonds. The van der Waals surface area contributed by atoms with Gasteiger partial charge in [0.15, 0.2) is 0 Å².